The van der Waals surface area contributed by atoms with Gasteiger partial charge in [0.25, 0.3) is 5.22 Å². The number of nitrogens with two attached hydrogens (primary N) is 1. The Bertz CT molecular complexity index is 1160. The Balaban J connectivity index is 1.47. The molecule has 152 valence electrons. The highest BCUT2D eigenvalue weighted by molar-refractivity contribution is 7.98. The first-order valence-electron chi connectivity index (χ1n) is 9.50. The molecule has 2 aromatic heterocycles. The zero-order valence-corrected chi connectivity index (χ0v) is 17.5. The summed E-state index contributed by atoms with van der Waals surface area (Å²) in [5, 5.41) is 11.9. The second-order valence-electron chi connectivity index (χ2n) is 6.55. The molecule has 30 heavy (non-hydrogen) atoms. The highest BCUT2D eigenvalue weighted by Gasteiger charge is 2.13. The van der Waals surface area contributed by atoms with Crippen molar-refractivity contribution in [3.8, 4) is 11.5 Å². The second-order valence-corrected chi connectivity index (χ2v) is 7.47. The lowest BCUT2D eigenvalue weighted by Crippen LogP contribution is -2.07. The zero-order chi connectivity index (χ0) is 20.9. The molecule has 4 rings (SSSR count). The average Bonchev–Trinajstić information content (AvgIpc) is 3.21. The Labute approximate surface area is 178 Å². The molecule has 4 aromatic rings. The molecule has 2 heterocycles. The van der Waals surface area contributed by atoms with Gasteiger partial charge in [0.1, 0.15) is 5.82 Å². The fraction of sp³-hybridized carbons (Fsp3) is 0.190. The lowest BCUT2D eigenvalue weighted by Gasteiger charge is -2.10. The average molecular weight is 420 g/mol. The van der Waals surface area contributed by atoms with Gasteiger partial charge in [-0.1, -0.05) is 55.1 Å². The SMILES string of the molecule is CCc1ccccc1Nc1nc(N)nc(CSc2nnc(-c3ccccc3C)o2)n1. The van der Waals surface area contributed by atoms with E-state index < -0.39 is 0 Å². The standard InChI is InChI=1S/C21H21N7OS/c1-3-14-9-5-7-11-16(14)23-20-25-17(24-19(22)26-20)12-30-21-28-27-18(29-21)15-10-6-4-8-13(15)2/h4-11H,3,12H2,1-2H3,(H3,22,23,24,25,26). The first-order chi connectivity index (χ1) is 14.6. The molecule has 0 spiro atoms. The van der Waals surface area contributed by atoms with Gasteiger partial charge in [0, 0.05) is 11.3 Å². The lowest BCUT2D eigenvalue weighted by atomic mass is 10.1. The molecule has 0 atom stereocenters. The fourth-order valence-corrected chi connectivity index (χ4v) is 3.56. The topological polar surface area (TPSA) is 116 Å². The molecule has 8 nitrogen and oxygen atoms in total. The molecule has 0 amide bonds. The van der Waals surface area contributed by atoms with Crippen LogP contribution in [-0.2, 0) is 12.2 Å². The van der Waals surface area contributed by atoms with Gasteiger partial charge in [-0.15, -0.1) is 10.2 Å². The van der Waals surface area contributed by atoms with Gasteiger partial charge < -0.3 is 15.5 Å². The number of anilines is 3. The lowest BCUT2D eigenvalue weighted by molar-refractivity contribution is 0.465. The van der Waals surface area contributed by atoms with E-state index in [2.05, 4.69) is 43.5 Å². The molecule has 0 saturated carbocycles. The summed E-state index contributed by atoms with van der Waals surface area (Å²) in [7, 11) is 0. The molecule has 0 aliphatic heterocycles. The molecular formula is C21H21N7OS. The van der Waals surface area contributed by atoms with Gasteiger partial charge >= 0.3 is 0 Å². The van der Waals surface area contributed by atoms with Crippen molar-refractivity contribution in [2.24, 2.45) is 0 Å². The molecule has 0 aliphatic carbocycles. The van der Waals surface area contributed by atoms with Gasteiger partial charge in [0.2, 0.25) is 17.8 Å². The fourth-order valence-electron chi connectivity index (χ4n) is 2.95. The summed E-state index contributed by atoms with van der Waals surface area (Å²) in [4.78, 5) is 12.9. The molecule has 3 N–H and O–H groups in total. The summed E-state index contributed by atoms with van der Waals surface area (Å²) in [5.74, 6) is 2.00. The van der Waals surface area contributed by atoms with E-state index in [-0.39, 0.29) is 5.95 Å². The molecule has 0 saturated heterocycles. The number of benzene rings is 2. The minimum Gasteiger partial charge on any atom is -0.411 e. The third-order valence-electron chi connectivity index (χ3n) is 4.45. The quantitative estimate of drug-likeness (QED) is 0.420. The predicted molar refractivity (Wildman–Crippen MR) is 117 cm³/mol. The van der Waals surface area contributed by atoms with Crippen molar-refractivity contribution in [2.75, 3.05) is 11.1 Å². The Morgan fingerprint density at radius 2 is 1.80 bits per heavy atom. The smallest absolute Gasteiger partial charge is 0.277 e. The Morgan fingerprint density at radius 3 is 2.63 bits per heavy atom. The van der Waals surface area contributed by atoms with Crippen molar-refractivity contribution in [3.63, 3.8) is 0 Å². The highest BCUT2D eigenvalue weighted by atomic mass is 32.2. The third-order valence-corrected chi connectivity index (χ3v) is 5.26. The molecule has 0 aliphatic rings. The van der Waals surface area contributed by atoms with E-state index in [9.17, 15) is 0 Å². The zero-order valence-electron chi connectivity index (χ0n) is 16.7. The van der Waals surface area contributed by atoms with E-state index in [1.807, 2.05) is 49.4 Å². The molecule has 2 aromatic carbocycles. The van der Waals surface area contributed by atoms with Crippen LogP contribution in [0, 0.1) is 6.92 Å². The summed E-state index contributed by atoms with van der Waals surface area (Å²) >= 11 is 1.35. The predicted octanol–water partition coefficient (Wildman–Crippen LogP) is 4.41. The Morgan fingerprint density at radius 1 is 1.00 bits per heavy atom. The first-order valence-corrected chi connectivity index (χ1v) is 10.5. The van der Waals surface area contributed by atoms with Crippen LogP contribution in [-0.4, -0.2) is 25.1 Å². The summed E-state index contributed by atoms with van der Waals surface area (Å²) in [6.45, 7) is 4.10. The van der Waals surface area contributed by atoms with Gasteiger partial charge in [0.15, 0.2) is 0 Å². The van der Waals surface area contributed by atoms with Crippen LogP contribution in [0.2, 0.25) is 0 Å². The Hall–Kier alpha value is -3.46. The number of thioether (sulfide) groups is 1. The van der Waals surface area contributed by atoms with Crippen LogP contribution in [0.25, 0.3) is 11.5 Å². The van der Waals surface area contributed by atoms with Crippen LogP contribution in [0.1, 0.15) is 23.9 Å². The van der Waals surface area contributed by atoms with Gasteiger partial charge in [-0.3, -0.25) is 0 Å². The number of para-hydroxylation sites is 1. The second kappa shape index (κ2) is 8.91. The minimum absolute atomic E-state index is 0.156. The van der Waals surface area contributed by atoms with E-state index in [4.69, 9.17) is 10.2 Å². The summed E-state index contributed by atoms with van der Waals surface area (Å²) < 4.78 is 5.78. The molecule has 0 fully saturated rings. The van der Waals surface area contributed by atoms with Crippen molar-refractivity contribution in [1.29, 1.82) is 0 Å². The number of nitrogen functional groups attached to an aromatic ring is 1. The van der Waals surface area contributed by atoms with Crippen LogP contribution in [0.15, 0.2) is 58.2 Å². The number of aromatic nitrogens is 5. The van der Waals surface area contributed by atoms with E-state index in [0.717, 1.165) is 23.2 Å². The van der Waals surface area contributed by atoms with E-state index in [0.29, 0.717) is 28.6 Å². The monoisotopic (exact) mass is 419 g/mol. The molecular weight excluding hydrogens is 398 g/mol. The van der Waals surface area contributed by atoms with Crippen LogP contribution in [0.3, 0.4) is 0 Å². The van der Waals surface area contributed by atoms with Crippen LogP contribution >= 0.6 is 11.8 Å². The van der Waals surface area contributed by atoms with Crippen molar-refractivity contribution in [2.45, 2.75) is 31.2 Å². The van der Waals surface area contributed by atoms with Crippen LogP contribution in [0.5, 0.6) is 0 Å². The van der Waals surface area contributed by atoms with Gasteiger partial charge in [-0.05, 0) is 36.6 Å². The minimum atomic E-state index is 0.156. The van der Waals surface area contributed by atoms with Crippen LogP contribution < -0.4 is 11.1 Å². The van der Waals surface area contributed by atoms with Crippen molar-refractivity contribution in [3.05, 3.63) is 65.5 Å². The van der Waals surface area contributed by atoms with Gasteiger partial charge in [0.05, 0.1) is 5.75 Å². The van der Waals surface area contributed by atoms with E-state index >= 15 is 0 Å². The molecule has 0 radical (unpaired) electrons. The highest BCUT2D eigenvalue weighted by Crippen LogP contribution is 2.27. The van der Waals surface area contributed by atoms with Crippen molar-refractivity contribution in [1.82, 2.24) is 25.1 Å². The largest absolute Gasteiger partial charge is 0.411 e. The maximum absolute atomic E-state index is 5.89. The molecule has 0 unspecified atom stereocenters. The third kappa shape index (κ3) is 4.57. The Kier molecular flexibility index (Phi) is 5.89. The van der Waals surface area contributed by atoms with E-state index in [1.54, 1.807) is 0 Å². The van der Waals surface area contributed by atoms with Gasteiger partial charge in [-0.25, -0.2) is 0 Å². The van der Waals surface area contributed by atoms with E-state index in [1.165, 1.54) is 17.3 Å². The molecule has 0 bridgehead atoms. The first kappa shape index (κ1) is 19.8. The van der Waals surface area contributed by atoms with Crippen molar-refractivity contribution >= 4 is 29.3 Å². The number of nitrogens with zero attached hydrogens (tertiary/aromatic N) is 5. The number of aryl methyl sites for hydroxylation is 2. The summed E-state index contributed by atoms with van der Waals surface area (Å²) in [6, 6.07) is 15.9. The molecule has 9 heteroatoms. The number of nitrogens with one attached hydrogen (secondary N) is 1. The maximum Gasteiger partial charge on any atom is 0.277 e. The number of hydrogen-bond acceptors (Lipinski definition) is 9. The van der Waals surface area contributed by atoms with Gasteiger partial charge in [-0.2, -0.15) is 15.0 Å². The summed E-state index contributed by atoms with van der Waals surface area (Å²) in [5.41, 5.74) is 10.00. The van der Waals surface area contributed by atoms with Crippen molar-refractivity contribution < 1.29 is 4.42 Å². The summed E-state index contributed by atoms with van der Waals surface area (Å²) in [6.07, 6.45) is 0.896. The maximum atomic E-state index is 5.89. The number of hydrogen-bond donors (Lipinski definition) is 2. The number of rotatable bonds is 7. The van der Waals surface area contributed by atoms with Crippen LogP contribution in [0.4, 0.5) is 17.6 Å². The normalized spacial score (nSPS) is 10.9.